The maximum atomic E-state index is 13.3. The van der Waals surface area contributed by atoms with Crippen LogP contribution in [0.1, 0.15) is 35.1 Å². The molecule has 2 aliphatic rings. The summed E-state index contributed by atoms with van der Waals surface area (Å²) < 4.78 is 30.7. The van der Waals surface area contributed by atoms with E-state index in [-0.39, 0.29) is 12.1 Å². The predicted octanol–water partition coefficient (Wildman–Crippen LogP) is 3.82. The highest BCUT2D eigenvalue weighted by molar-refractivity contribution is 5.43. The molecule has 0 spiro atoms. The summed E-state index contributed by atoms with van der Waals surface area (Å²) in [5, 5.41) is 9.15. The lowest BCUT2D eigenvalue weighted by Crippen LogP contribution is -2.30. The summed E-state index contributed by atoms with van der Waals surface area (Å²) in [6.07, 6.45) is 1.89. The van der Waals surface area contributed by atoms with Crippen molar-refractivity contribution in [2.24, 2.45) is 0 Å². The van der Waals surface area contributed by atoms with Crippen molar-refractivity contribution in [2.75, 3.05) is 13.2 Å². The number of rotatable bonds is 5. The number of fused-ring (bicyclic) bond motifs is 1. The van der Waals surface area contributed by atoms with Crippen molar-refractivity contribution in [1.82, 2.24) is 0 Å². The van der Waals surface area contributed by atoms with Crippen molar-refractivity contribution in [3.8, 4) is 6.07 Å². The fraction of sp³-hybridized carbons (Fsp3) is 0.381. The van der Waals surface area contributed by atoms with E-state index in [1.807, 2.05) is 18.2 Å². The van der Waals surface area contributed by atoms with Crippen molar-refractivity contribution in [2.45, 2.75) is 37.8 Å². The van der Waals surface area contributed by atoms with Crippen LogP contribution in [0.3, 0.4) is 0 Å². The van der Waals surface area contributed by atoms with E-state index in [4.69, 9.17) is 19.5 Å². The summed E-state index contributed by atoms with van der Waals surface area (Å²) >= 11 is 0. The summed E-state index contributed by atoms with van der Waals surface area (Å²) in [6, 6.07) is 14.4. The molecule has 0 aliphatic carbocycles. The van der Waals surface area contributed by atoms with Crippen LogP contribution >= 0.6 is 0 Å². The van der Waals surface area contributed by atoms with Crippen molar-refractivity contribution in [3.05, 3.63) is 70.5 Å². The Morgan fingerprint density at radius 1 is 1.12 bits per heavy atom. The maximum absolute atomic E-state index is 13.3. The zero-order chi connectivity index (χ0) is 18.0. The van der Waals surface area contributed by atoms with Gasteiger partial charge >= 0.3 is 0 Å². The van der Waals surface area contributed by atoms with Crippen molar-refractivity contribution < 1.29 is 18.6 Å². The second kappa shape index (κ2) is 7.16. The van der Waals surface area contributed by atoms with Gasteiger partial charge in [-0.2, -0.15) is 5.26 Å². The quantitative estimate of drug-likeness (QED) is 0.820. The van der Waals surface area contributed by atoms with Crippen molar-refractivity contribution in [3.63, 3.8) is 0 Å². The van der Waals surface area contributed by atoms with Gasteiger partial charge in [0.05, 0.1) is 37.1 Å². The van der Waals surface area contributed by atoms with Crippen LogP contribution in [0.4, 0.5) is 4.39 Å². The minimum atomic E-state index is -0.517. The molecule has 0 amide bonds. The van der Waals surface area contributed by atoms with Gasteiger partial charge in [0.15, 0.2) is 6.29 Å². The molecule has 5 heteroatoms. The number of ether oxygens (including phenoxy) is 3. The predicted molar refractivity (Wildman–Crippen MR) is 92.7 cm³/mol. The third kappa shape index (κ3) is 3.36. The van der Waals surface area contributed by atoms with E-state index >= 15 is 0 Å². The van der Waals surface area contributed by atoms with Gasteiger partial charge in [0.2, 0.25) is 0 Å². The summed E-state index contributed by atoms with van der Waals surface area (Å²) in [6.45, 7) is 1.72. The lowest BCUT2D eigenvalue weighted by molar-refractivity contribution is -0.0873. The molecule has 0 N–H and O–H groups in total. The molecule has 1 unspecified atom stereocenters. The Kier molecular flexibility index (Phi) is 4.73. The van der Waals surface area contributed by atoms with E-state index in [2.05, 4.69) is 6.07 Å². The molecule has 0 saturated carbocycles. The van der Waals surface area contributed by atoms with E-state index < -0.39 is 5.60 Å². The number of benzene rings is 2. The van der Waals surface area contributed by atoms with Crippen LogP contribution in [0.25, 0.3) is 0 Å². The fourth-order valence-corrected chi connectivity index (χ4v) is 3.82. The third-order valence-electron chi connectivity index (χ3n) is 5.11. The summed E-state index contributed by atoms with van der Waals surface area (Å²) in [5.74, 6) is -0.248. The highest BCUT2D eigenvalue weighted by atomic mass is 19.1. The molecular weight excluding hydrogens is 333 g/mol. The minimum absolute atomic E-state index is 0.203. The average molecular weight is 353 g/mol. The zero-order valence-electron chi connectivity index (χ0n) is 14.4. The Morgan fingerprint density at radius 2 is 1.88 bits per heavy atom. The number of halogens is 1. The first kappa shape index (κ1) is 17.2. The van der Waals surface area contributed by atoms with E-state index in [0.29, 0.717) is 31.8 Å². The molecule has 0 aromatic heterocycles. The molecule has 4 rings (SSSR count). The molecule has 4 nitrogen and oxygen atoms in total. The van der Waals surface area contributed by atoms with E-state index in [0.717, 1.165) is 29.5 Å². The van der Waals surface area contributed by atoms with Gasteiger partial charge in [0, 0.05) is 12.8 Å². The molecule has 0 bridgehead atoms. The Labute approximate surface area is 152 Å². The molecule has 2 heterocycles. The largest absolute Gasteiger partial charge is 0.365 e. The highest BCUT2D eigenvalue weighted by Gasteiger charge is 2.41. The highest BCUT2D eigenvalue weighted by Crippen LogP contribution is 2.43. The third-order valence-corrected chi connectivity index (χ3v) is 5.11. The maximum Gasteiger partial charge on any atom is 0.157 e. The minimum Gasteiger partial charge on any atom is -0.365 e. The van der Waals surface area contributed by atoms with E-state index in [1.165, 1.54) is 12.1 Å². The van der Waals surface area contributed by atoms with Gasteiger partial charge in [-0.05, 0) is 47.4 Å². The molecule has 26 heavy (non-hydrogen) atoms. The first-order chi connectivity index (χ1) is 12.7. The molecule has 134 valence electrons. The number of nitrogens with zero attached hydrogens (tertiary/aromatic N) is 1. The number of hydrogen-bond acceptors (Lipinski definition) is 4. The van der Waals surface area contributed by atoms with Crippen molar-refractivity contribution >= 4 is 0 Å². The molecule has 1 atom stereocenters. The van der Waals surface area contributed by atoms with Crippen LogP contribution in [0.2, 0.25) is 0 Å². The van der Waals surface area contributed by atoms with Gasteiger partial charge < -0.3 is 14.2 Å². The van der Waals surface area contributed by atoms with E-state index in [9.17, 15) is 4.39 Å². The van der Waals surface area contributed by atoms with Crippen LogP contribution in [0.5, 0.6) is 0 Å². The molecule has 0 radical (unpaired) electrons. The van der Waals surface area contributed by atoms with Gasteiger partial charge in [-0.1, -0.05) is 18.2 Å². The molecule has 1 fully saturated rings. The van der Waals surface area contributed by atoms with Gasteiger partial charge in [-0.3, -0.25) is 0 Å². The average Bonchev–Trinajstić information content (AvgIpc) is 3.30. The fourth-order valence-electron chi connectivity index (χ4n) is 3.82. The van der Waals surface area contributed by atoms with Crippen LogP contribution in [-0.4, -0.2) is 19.5 Å². The van der Waals surface area contributed by atoms with Crippen LogP contribution in [0.15, 0.2) is 42.5 Å². The van der Waals surface area contributed by atoms with Gasteiger partial charge in [-0.25, -0.2) is 4.39 Å². The van der Waals surface area contributed by atoms with Crippen molar-refractivity contribution in [1.29, 1.82) is 5.26 Å². The summed E-state index contributed by atoms with van der Waals surface area (Å²) in [7, 11) is 0. The monoisotopic (exact) mass is 353 g/mol. The second-order valence-corrected chi connectivity index (χ2v) is 6.78. The zero-order valence-corrected chi connectivity index (χ0v) is 14.4. The smallest absolute Gasteiger partial charge is 0.157 e. The SMILES string of the molecule is N#Cc1ccc2c(c1)COC2(CCC1OCCO1)Cc1ccc(F)cc1. The lowest BCUT2D eigenvalue weighted by atomic mass is 9.82. The molecule has 1 saturated heterocycles. The van der Waals surface area contributed by atoms with Crippen LogP contribution in [-0.2, 0) is 32.8 Å². The summed E-state index contributed by atoms with van der Waals surface area (Å²) in [5.41, 5.74) is 3.26. The van der Waals surface area contributed by atoms with Gasteiger partial charge in [-0.15, -0.1) is 0 Å². The van der Waals surface area contributed by atoms with Crippen LogP contribution < -0.4 is 0 Å². The summed E-state index contributed by atoms with van der Waals surface area (Å²) in [4.78, 5) is 0. The molecule has 2 aromatic rings. The standard InChI is InChI=1S/C21H20FNO3/c22-18-4-1-15(2-5-18)12-21(8-7-20-24-9-10-25-20)19-6-3-16(13-23)11-17(19)14-26-21/h1-6,11,20H,7-10,12,14H2. The van der Waals surface area contributed by atoms with E-state index in [1.54, 1.807) is 12.1 Å². The molecular formula is C21H20FNO3. The first-order valence-electron chi connectivity index (χ1n) is 8.84. The number of hydrogen-bond donors (Lipinski definition) is 0. The Hall–Kier alpha value is -2.26. The topological polar surface area (TPSA) is 51.5 Å². The van der Waals surface area contributed by atoms with Gasteiger partial charge in [0.1, 0.15) is 5.82 Å². The Balaban J connectivity index is 1.64. The first-order valence-corrected chi connectivity index (χ1v) is 8.84. The second-order valence-electron chi connectivity index (χ2n) is 6.78. The normalized spacial score (nSPS) is 22.3. The Bertz CT molecular complexity index is 824. The molecule has 2 aliphatic heterocycles. The van der Waals surface area contributed by atoms with Gasteiger partial charge in [0.25, 0.3) is 0 Å². The lowest BCUT2D eigenvalue weighted by Gasteiger charge is -2.31. The Morgan fingerprint density at radius 3 is 2.62 bits per heavy atom. The number of nitriles is 1. The molecule has 2 aromatic carbocycles. The van der Waals surface area contributed by atoms with Crippen LogP contribution in [0, 0.1) is 17.1 Å².